The van der Waals surface area contributed by atoms with Gasteiger partial charge in [0.1, 0.15) is 0 Å². The Morgan fingerprint density at radius 1 is 1.71 bits per heavy atom. The lowest BCUT2D eigenvalue weighted by Crippen LogP contribution is -2.42. The maximum Gasteiger partial charge on any atom is 0.304 e. The number of thiazole rings is 1. The van der Waals surface area contributed by atoms with Crippen LogP contribution in [0.4, 0.5) is 0 Å². The van der Waals surface area contributed by atoms with Gasteiger partial charge in [-0.3, -0.25) is 9.69 Å². The normalized spacial score (nSPS) is 23.9. The molecule has 0 radical (unpaired) electrons. The SMILES string of the molecule is NC1CCCN(Cc2csc(=O)[nH]2)C1. The first-order valence-electron chi connectivity index (χ1n) is 4.88. The number of nitrogens with one attached hydrogen (secondary N) is 1. The summed E-state index contributed by atoms with van der Waals surface area (Å²) in [6.07, 6.45) is 2.28. The number of piperidine rings is 1. The van der Waals surface area contributed by atoms with E-state index in [1.165, 1.54) is 11.3 Å². The van der Waals surface area contributed by atoms with E-state index in [-0.39, 0.29) is 4.87 Å². The molecule has 2 rings (SSSR count). The van der Waals surface area contributed by atoms with Crippen molar-refractivity contribution < 1.29 is 0 Å². The molecule has 0 aromatic carbocycles. The van der Waals surface area contributed by atoms with Gasteiger partial charge in [-0.1, -0.05) is 11.3 Å². The lowest BCUT2D eigenvalue weighted by Gasteiger charge is -2.30. The molecule has 1 atom stereocenters. The Kier molecular flexibility index (Phi) is 3.00. The molecule has 3 N–H and O–H groups in total. The highest BCUT2D eigenvalue weighted by Crippen LogP contribution is 2.11. The zero-order chi connectivity index (χ0) is 9.97. The zero-order valence-electron chi connectivity index (χ0n) is 8.03. The lowest BCUT2D eigenvalue weighted by molar-refractivity contribution is 0.199. The highest BCUT2D eigenvalue weighted by atomic mass is 32.1. The number of aromatic amines is 1. The summed E-state index contributed by atoms with van der Waals surface area (Å²) in [6.45, 7) is 2.86. The molecule has 1 aliphatic heterocycles. The van der Waals surface area contributed by atoms with Crippen molar-refractivity contribution in [2.24, 2.45) is 5.73 Å². The average molecular weight is 213 g/mol. The first-order chi connectivity index (χ1) is 6.74. The Bertz CT molecular complexity index is 346. The van der Waals surface area contributed by atoms with Gasteiger partial charge in [-0.2, -0.15) is 0 Å². The van der Waals surface area contributed by atoms with E-state index in [4.69, 9.17) is 5.73 Å². The average Bonchev–Trinajstić information content (AvgIpc) is 2.51. The van der Waals surface area contributed by atoms with Gasteiger partial charge in [0, 0.05) is 30.2 Å². The molecule has 0 bridgehead atoms. The van der Waals surface area contributed by atoms with Gasteiger partial charge < -0.3 is 10.7 Å². The Labute approximate surface area is 86.7 Å². The summed E-state index contributed by atoms with van der Waals surface area (Å²) in [7, 11) is 0. The van der Waals surface area contributed by atoms with Crippen LogP contribution in [0.25, 0.3) is 0 Å². The van der Waals surface area contributed by atoms with Crippen LogP contribution in [-0.2, 0) is 6.54 Å². The van der Waals surface area contributed by atoms with Crippen LogP contribution in [0.2, 0.25) is 0 Å². The van der Waals surface area contributed by atoms with Crippen LogP contribution in [0.1, 0.15) is 18.5 Å². The summed E-state index contributed by atoms with van der Waals surface area (Å²) in [5.74, 6) is 0. The van der Waals surface area contributed by atoms with Crippen LogP contribution in [0.3, 0.4) is 0 Å². The molecule has 2 heterocycles. The third-order valence-corrected chi connectivity index (χ3v) is 3.23. The molecular weight excluding hydrogens is 198 g/mol. The minimum Gasteiger partial charge on any atom is -0.327 e. The molecule has 0 amide bonds. The maximum absolute atomic E-state index is 10.9. The van der Waals surface area contributed by atoms with Crippen molar-refractivity contribution in [1.82, 2.24) is 9.88 Å². The number of likely N-dealkylation sites (tertiary alicyclic amines) is 1. The minimum atomic E-state index is 0.0290. The Balaban J connectivity index is 1.93. The number of H-pyrrole nitrogens is 1. The molecule has 1 aromatic heterocycles. The smallest absolute Gasteiger partial charge is 0.304 e. The maximum atomic E-state index is 10.9. The lowest BCUT2D eigenvalue weighted by atomic mass is 10.1. The first kappa shape index (κ1) is 9.89. The van der Waals surface area contributed by atoms with Crippen molar-refractivity contribution in [1.29, 1.82) is 0 Å². The summed E-state index contributed by atoms with van der Waals surface area (Å²) < 4.78 is 0. The molecule has 1 saturated heterocycles. The van der Waals surface area contributed by atoms with E-state index in [0.717, 1.165) is 38.2 Å². The molecule has 0 spiro atoms. The second kappa shape index (κ2) is 4.25. The van der Waals surface area contributed by atoms with Gasteiger partial charge in [-0.25, -0.2) is 0 Å². The topological polar surface area (TPSA) is 62.1 Å². The van der Waals surface area contributed by atoms with E-state index in [1.54, 1.807) is 0 Å². The van der Waals surface area contributed by atoms with Gasteiger partial charge in [0.15, 0.2) is 0 Å². The van der Waals surface area contributed by atoms with E-state index in [2.05, 4.69) is 9.88 Å². The second-order valence-corrected chi connectivity index (χ2v) is 4.65. The highest BCUT2D eigenvalue weighted by Gasteiger charge is 2.16. The van der Waals surface area contributed by atoms with Gasteiger partial charge >= 0.3 is 4.87 Å². The molecular formula is C9H15N3OS. The zero-order valence-corrected chi connectivity index (χ0v) is 8.85. The van der Waals surface area contributed by atoms with Crippen LogP contribution in [0, 0.1) is 0 Å². The standard InChI is InChI=1S/C9H15N3OS/c10-7-2-1-3-12(4-7)5-8-6-14-9(13)11-8/h6-7H,1-5,10H2,(H,11,13). The fourth-order valence-corrected chi connectivity index (χ4v) is 2.44. The van der Waals surface area contributed by atoms with Crippen molar-refractivity contribution in [2.45, 2.75) is 25.4 Å². The second-order valence-electron chi connectivity index (χ2n) is 3.81. The van der Waals surface area contributed by atoms with Gasteiger partial charge in [-0.05, 0) is 19.4 Å². The van der Waals surface area contributed by atoms with Gasteiger partial charge in [0.25, 0.3) is 0 Å². The van der Waals surface area contributed by atoms with Crippen LogP contribution in [-0.4, -0.2) is 29.0 Å². The largest absolute Gasteiger partial charge is 0.327 e. The molecule has 1 aromatic rings. The van der Waals surface area contributed by atoms with Crippen molar-refractivity contribution in [3.63, 3.8) is 0 Å². The molecule has 1 fully saturated rings. The van der Waals surface area contributed by atoms with Crippen LogP contribution < -0.4 is 10.6 Å². The number of aromatic nitrogens is 1. The summed E-state index contributed by atoms with van der Waals surface area (Å²) in [4.78, 5) is 16.1. The van der Waals surface area contributed by atoms with Crippen molar-refractivity contribution >= 4 is 11.3 Å². The number of nitrogens with zero attached hydrogens (tertiary/aromatic N) is 1. The summed E-state index contributed by atoms with van der Waals surface area (Å²) in [6, 6.07) is 0.300. The van der Waals surface area contributed by atoms with E-state index >= 15 is 0 Å². The van der Waals surface area contributed by atoms with Crippen molar-refractivity contribution in [3.05, 3.63) is 20.7 Å². The Morgan fingerprint density at radius 2 is 2.57 bits per heavy atom. The molecule has 4 nitrogen and oxygen atoms in total. The summed E-state index contributed by atoms with van der Waals surface area (Å²) >= 11 is 1.22. The molecule has 5 heteroatoms. The molecule has 0 saturated carbocycles. The third-order valence-electron chi connectivity index (χ3n) is 2.51. The Morgan fingerprint density at radius 3 is 3.21 bits per heavy atom. The summed E-state index contributed by atoms with van der Waals surface area (Å²) in [5.41, 5.74) is 6.88. The van der Waals surface area contributed by atoms with Crippen molar-refractivity contribution in [2.75, 3.05) is 13.1 Å². The van der Waals surface area contributed by atoms with E-state index in [1.807, 2.05) is 5.38 Å². The van der Waals surface area contributed by atoms with Gasteiger partial charge in [0.2, 0.25) is 0 Å². The van der Waals surface area contributed by atoms with E-state index in [0.29, 0.717) is 6.04 Å². The molecule has 14 heavy (non-hydrogen) atoms. The minimum absolute atomic E-state index is 0.0290. The molecule has 1 aliphatic rings. The van der Waals surface area contributed by atoms with E-state index < -0.39 is 0 Å². The van der Waals surface area contributed by atoms with Gasteiger partial charge in [-0.15, -0.1) is 0 Å². The van der Waals surface area contributed by atoms with Gasteiger partial charge in [0.05, 0.1) is 0 Å². The Hall–Kier alpha value is -0.650. The van der Waals surface area contributed by atoms with E-state index in [9.17, 15) is 4.79 Å². The number of hydrogen-bond acceptors (Lipinski definition) is 4. The number of nitrogens with two attached hydrogens (primary N) is 1. The predicted octanol–water partition coefficient (Wildman–Crippen LogP) is 0.359. The monoisotopic (exact) mass is 213 g/mol. The molecule has 1 unspecified atom stereocenters. The fourth-order valence-electron chi connectivity index (χ4n) is 1.87. The first-order valence-corrected chi connectivity index (χ1v) is 5.76. The van der Waals surface area contributed by atoms with Crippen LogP contribution in [0.15, 0.2) is 10.2 Å². The predicted molar refractivity (Wildman–Crippen MR) is 57.4 cm³/mol. The third kappa shape index (κ3) is 2.43. The van der Waals surface area contributed by atoms with Crippen LogP contribution >= 0.6 is 11.3 Å². The van der Waals surface area contributed by atoms with Crippen molar-refractivity contribution in [3.8, 4) is 0 Å². The highest BCUT2D eigenvalue weighted by molar-refractivity contribution is 7.07. The fraction of sp³-hybridized carbons (Fsp3) is 0.667. The number of rotatable bonds is 2. The molecule has 78 valence electrons. The quantitative estimate of drug-likeness (QED) is 0.745. The molecule has 0 aliphatic carbocycles. The summed E-state index contributed by atoms with van der Waals surface area (Å²) in [5, 5.41) is 1.89. The van der Waals surface area contributed by atoms with Crippen LogP contribution in [0.5, 0.6) is 0 Å². The number of hydrogen-bond donors (Lipinski definition) is 2.